The van der Waals surface area contributed by atoms with E-state index in [4.69, 9.17) is 4.74 Å². The molecule has 0 aliphatic carbocycles. The van der Waals surface area contributed by atoms with Crippen LogP contribution in [0.3, 0.4) is 0 Å². The molecule has 1 aromatic carbocycles. The van der Waals surface area contributed by atoms with Gasteiger partial charge in [-0.1, -0.05) is 19.1 Å². The Morgan fingerprint density at radius 1 is 1.20 bits per heavy atom. The maximum atomic E-state index is 5.79. The molecule has 3 heterocycles. The molecule has 4 aromatic rings. The molecule has 0 aliphatic heterocycles. The second-order valence-electron chi connectivity index (χ2n) is 5.89. The summed E-state index contributed by atoms with van der Waals surface area (Å²) in [6.45, 7) is 4.67. The molecule has 0 amide bonds. The van der Waals surface area contributed by atoms with Crippen molar-refractivity contribution in [1.29, 1.82) is 0 Å². The Morgan fingerprint density at radius 2 is 2.16 bits per heavy atom. The Hall–Kier alpha value is -2.86. The summed E-state index contributed by atoms with van der Waals surface area (Å²) >= 11 is 0. The van der Waals surface area contributed by atoms with Gasteiger partial charge in [-0.3, -0.25) is 0 Å². The first kappa shape index (κ1) is 15.7. The first-order valence-electron chi connectivity index (χ1n) is 8.61. The van der Waals surface area contributed by atoms with Gasteiger partial charge in [0, 0.05) is 28.7 Å². The zero-order valence-corrected chi connectivity index (χ0v) is 14.2. The molecule has 0 aliphatic rings. The van der Waals surface area contributed by atoms with Crippen LogP contribution >= 0.6 is 0 Å². The summed E-state index contributed by atoms with van der Waals surface area (Å²) in [5, 5.41) is 9.06. The second-order valence-corrected chi connectivity index (χ2v) is 5.89. The Kier molecular flexibility index (Phi) is 4.35. The predicted octanol–water partition coefficient (Wildman–Crippen LogP) is 3.26. The van der Waals surface area contributed by atoms with Crippen LogP contribution in [-0.4, -0.2) is 39.3 Å². The SMILES string of the molecule is CCNCCCOc1ccc2ncc(-c3cccc4[nH]ccc34)n2n1. The number of ether oxygens (including phenoxy) is 1. The van der Waals surface area contributed by atoms with Crippen molar-refractivity contribution in [2.24, 2.45) is 0 Å². The van der Waals surface area contributed by atoms with Crippen LogP contribution in [-0.2, 0) is 0 Å². The monoisotopic (exact) mass is 335 g/mol. The molecule has 25 heavy (non-hydrogen) atoms. The molecule has 3 aromatic heterocycles. The van der Waals surface area contributed by atoms with Gasteiger partial charge in [0.1, 0.15) is 0 Å². The average Bonchev–Trinajstić information content (AvgIpc) is 3.28. The zero-order valence-electron chi connectivity index (χ0n) is 14.2. The minimum absolute atomic E-state index is 0.615. The first-order chi connectivity index (χ1) is 12.4. The Bertz CT molecular complexity index is 988. The van der Waals surface area contributed by atoms with E-state index in [0.717, 1.165) is 47.3 Å². The van der Waals surface area contributed by atoms with Gasteiger partial charge < -0.3 is 15.0 Å². The molecular formula is C19H21N5O. The highest BCUT2D eigenvalue weighted by Crippen LogP contribution is 2.28. The normalized spacial score (nSPS) is 11.4. The third-order valence-electron chi connectivity index (χ3n) is 4.21. The Balaban J connectivity index is 1.64. The molecule has 0 bridgehead atoms. The molecule has 0 atom stereocenters. The van der Waals surface area contributed by atoms with Crippen molar-refractivity contribution in [2.75, 3.05) is 19.7 Å². The summed E-state index contributed by atoms with van der Waals surface area (Å²) in [6, 6.07) is 12.1. The molecule has 4 rings (SSSR count). The fourth-order valence-electron chi connectivity index (χ4n) is 2.98. The van der Waals surface area contributed by atoms with Crippen LogP contribution in [0.5, 0.6) is 5.88 Å². The number of rotatable bonds is 7. The topological polar surface area (TPSA) is 67.2 Å². The maximum absolute atomic E-state index is 5.79. The number of aromatic nitrogens is 4. The van der Waals surface area contributed by atoms with Crippen LogP contribution in [0, 0.1) is 0 Å². The van der Waals surface area contributed by atoms with Gasteiger partial charge in [0.15, 0.2) is 5.65 Å². The van der Waals surface area contributed by atoms with Gasteiger partial charge in [-0.15, -0.1) is 5.10 Å². The first-order valence-corrected chi connectivity index (χ1v) is 8.61. The minimum Gasteiger partial charge on any atom is -0.477 e. The zero-order chi connectivity index (χ0) is 17.1. The Morgan fingerprint density at radius 3 is 3.08 bits per heavy atom. The van der Waals surface area contributed by atoms with Crippen LogP contribution in [0.25, 0.3) is 27.8 Å². The van der Waals surface area contributed by atoms with E-state index in [1.54, 1.807) is 0 Å². The van der Waals surface area contributed by atoms with Crippen molar-refractivity contribution in [2.45, 2.75) is 13.3 Å². The lowest BCUT2D eigenvalue weighted by molar-refractivity contribution is 0.293. The van der Waals surface area contributed by atoms with E-state index in [1.165, 1.54) is 0 Å². The molecule has 128 valence electrons. The molecule has 6 nitrogen and oxygen atoms in total. The molecule has 0 saturated heterocycles. The number of hydrogen-bond donors (Lipinski definition) is 2. The summed E-state index contributed by atoms with van der Waals surface area (Å²) in [6.07, 6.45) is 4.76. The fourth-order valence-corrected chi connectivity index (χ4v) is 2.98. The fraction of sp³-hybridized carbons (Fsp3) is 0.263. The third kappa shape index (κ3) is 3.08. The lowest BCUT2D eigenvalue weighted by atomic mass is 10.1. The third-order valence-corrected chi connectivity index (χ3v) is 4.21. The summed E-state index contributed by atoms with van der Waals surface area (Å²) in [5.74, 6) is 0.615. The van der Waals surface area contributed by atoms with Crippen LogP contribution < -0.4 is 10.1 Å². The van der Waals surface area contributed by atoms with Gasteiger partial charge in [-0.05, 0) is 37.7 Å². The quantitative estimate of drug-likeness (QED) is 0.509. The lowest BCUT2D eigenvalue weighted by Crippen LogP contribution is -2.16. The summed E-state index contributed by atoms with van der Waals surface area (Å²) in [7, 11) is 0. The number of nitrogens with one attached hydrogen (secondary N) is 2. The van der Waals surface area contributed by atoms with Gasteiger partial charge in [0.2, 0.25) is 5.88 Å². The molecule has 0 saturated carbocycles. The van der Waals surface area contributed by atoms with Crippen molar-refractivity contribution in [3.05, 3.63) is 48.8 Å². The van der Waals surface area contributed by atoms with Crippen molar-refractivity contribution in [3.8, 4) is 17.1 Å². The van der Waals surface area contributed by atoms with Gasteiger partial charge in [-0.2, -0.15) is 0 Å². The molecule has 0 unspecified atom stereocenters. The van der Waals surface area contributed by atoms with Crippen LogP contribution in [0.15, 0.2) is 48.8 Å². The van der Waals surface area contributed by atoms with E-state index in [9.17, 15) is 0 Å². The van der Waals surface area contributed by atoms with E-state index >= 15 is 0 Å². The highest BCUT2D eigenvalue weighted by atomic mass is 16.5. The number of aromatic amines is 1. The standard InChI is InChI=1S/C19H21N5O/c1-2-20-10-4-12-25-19-8-7-18-22-13-17(24(18)23-19)15-5-3-6-16-14(15)9-11-21-16/h3,5-9,11,13,20-21H,2,4,10,12H2,1H3. The van der Waals surface area contributed by atoms with Gasteiger partial charge in [0.25, 0.3) is 0 Å². The van der Waals surface area contributed by atoms with Crippen LogP contribution in [0.4, 0.5) is 0 Å². The molecule has 0 spiro atoms. The largest absolute Gasteiger partial charge is 0.477 e. The summed E-state index contributed by atoms with van der Waals surface area (Å²) in [4.78, 5) is 7.72. The average molecular weight is 335 g/mol. The molecule has 2 N–H and O–H groups in total. The van der Waals surface area contributed by atoms with E-state index in [-0.39, 0.29) is 0 Å². The molecular weight excluding hydrogens is 314 g/mol. The van der Waals surface area contributed by atoms with Crippen molar-refractivity contribution in [1.82, 2.24) is 24.9 Å². The number of hydrogen-bond acceptors (Lipinski definition) is 4. The highest BCUT2D eigenvalue weighted by Gasteiger charge is 2.11. The minimum atomic E-state index is 0.615. The van der Waals surface area contributed by atoms with E-state index in [1.807, 2.05) is 35.1 Å². The van der Waals surface area contributed by atoms with Gasteiger partial charge >= 0.3 is 0 Å². The predicted molar refractivity (Wildman–Crippen MR) is 98.9 cm³/mol. The Labute approximate surface area is 145 Å². The van der Waals surface area contributed by atoms with Crippen molar-refractivity contribution in [3.63, 3.8) is 0 Å². The highest BCUT2D eigenvalue weighted by molar-refractivity contribution is 5.94. The summed E-state index contributed by atoms with van der Waals surface area (Å²) in [5.41, 5.74) is 3.96. The van der Waals surface area contributed by atoms with Gasteiger partial charge in [-0.25, -0.2) is 9.50 Å². The molecule has 6 heteroatoms. The number of benzene rings is 1. The molecule has 0 fully saturated rings. The van der Waals surface area contributed by atoms with Crippen molar-refractivity contribution < 1.29 is 4.74 Å². The number of imidazole rings is 1. The van der Waals surface area contributed by atoms with Crippen LogP contribution in [0.2, 0.25) is 0 Å². The van der Waals surface area contributed by atoms with E-state index in [0.29, 0.717) is 12.5 Å². The molecule has 0 radical (unpaired) electrons. The van der Waals surface area contributed by atoms with Crippen molar-refractivity contribution >= 4 is 16.6 Å². The maximum Gasteiger partial charge on any atom is 0.231 e. The lowest BCUT2D eigenvalue weighted by Gasteiger charge is -2.07. The van der Waals surface area contributed by atoms with Crippen LogP contribution in [0.1, 0.15) is 13.3 Å². The smallest absolute Gasteiger partial charge is 0.231 e. The second kappa shape index (κ2) is 6.94. The number of nitrogens with zero attached hydrogens (tertiary/aromatic N) is 3. The number of H-pyrrole nitrogens is 1. The van der Waals surface area contributed by atoms with E-state index < -0.39 is 0 Å². The van der Waals surface area contributed by atoms with E-state index in [2.05, 4.69) is 45.5 Å². The number of fused-ring (bicyclic) bond motifs is 2. The summed E-state index contributed by atoms with van der Waals surface area (Å²) < 4.78 is 7.64. The van der Waals surface area contributed by atoms with Gasteiger partial charge in [0.05, 0.1) is 18.5 Å².